The summed E-state index contributed by atoms with van der Waals surface area (Å²) in [4.78, 5) is 36.1. The van der Waals surface area contributed by atoms with Crippen LogP contribution in [0.2, 0.25) is 0 Å². The first-order valence-corrected chi connectivity index (χ1v) is 7.63. The molecule has 0 aromatic heterocycles. The molecule has 1 heterocycles. The van der Waals surface area contributed by atoms with Crippen molar-refractivity contribution in [3.63, 3.8) is 0 Å². The SMILES string of the molecule is Cc1ccc(C(=O)OCC(=O)N2C[C@@H](C)O[C@H](C)C2)cc1[N+](=O)[O-]. The molecule has 0 unspecified atom stereocenters. The number of aryl methyl sites for hydroxylation is 1. The summed E-state index contributed by atoms with van der Waals surface area (Å²) >= 11 is 0. The zero-order valence-electron chi connectivity index (χ0n) is 13.9. The van der Waals surface area contributed by atoms with Crippen molar-refractivity contribution in [2.45, 2.75) is 33.0 Å². The Balaban J connectivity index is 1.96. The van der Waals surface area contributed by atoms with Crippen LogP contribution in [0.15, 0.2) is 18.2 Å². The van der Waals surface area contributed by atoms with E-state index in [0.29, 0.717) is 18.7 Å². The van der Waals surface area contributed by atoms with Gasteiger partial charge >= 0.3 is 5.97 Å². The Labute approximate surface area is 139 Å². The summed E-state index contributed by atoms with van der Waals surface area (Å²) in [6, 6.07) is 4.07. The molecule has 2 rings (SSSR count). The molecule has 2 atom stereocenters. The zero-order chi connectivity index (χ0) is 17.9. The summed E-state index contributed by atoms with van der Waals surface area (Å²) < 4.78 is 10.5. The van der Waals surface area contributed by atoms with Crippen molar-refractivity contribution in [1.82, 2.24) is 4.90 Å². The highest BCUT2D eigenvalue weighted by Crippen LogP contribution is 2.20. The molecule has 8 heteroatoms. The number of nitrogens with zero attached hydrogens (tertiary/aromatic N) is 2. The number of morpholine rings is 1. The molecule has 1 aromatic rings. The summed E-state index contributed by atoms with van der Waals surface area (Å²) in [5.74, 6) is -1.08. The average Bonchev–Trinajstić information content (AvgIpc) is 2.51. The van der Waals surface area contributed by atoms with Gasteiger partial charge in [-0.05, 0) is 26.8 Å². The highest BCUT2D eigenvalue weighted by molar-refractivity contribution is 5.92. The van der Waals surface area contributed by atoms with E-state index in [2.05, 4.69) is 0 Å². The fourth-order valence-electron chi connectivity index (χ4n) is 2.62. The number of rotatable bonds is 4. The molecule has 1 aliphatic heterocycles. The molecule has 1 saturated heterocycles. The van der Waals surface area contributed by atoms with E-state index in [9.17, 15) is 19.7 Å². The van der Waals surface area contributed by atoms with E-state index in [1.165, 1.54) is 12.1 Å². The lowest BCUT2D eigenvalue weighted by molar-refractivity contribution is -0.385. The number of carbonyl (C=O) groups is 2. The van der Waals surface area contributed by atoms with Crippen LogP contribution in [0, 0.1) is 17.0 Å². The quantitative estimate of drug-likeness (QED) is 0.471. The van der Waals surface area contributed by atoms with Crippen molar-refractivity contribution < 1.29 is 24.0 Å². The van der Waals surface area contributed by atoms with Gasteiger partial charge in [-0.1, -0.05) is 6.07 Å². The third-order valence-electron chi connectivity index (χ3n) is 3.74. The number of amides is 1. The van der Waals surface area contributed by atoms with Gasteiger partial charge < -0.3 is 14.4 Å². The second-order valence-corrected chi connectivity index (χ2v) is 5.89. The van der Waals surface area contributed by atoms with Crippen molar-refractivity contribution in [3.8, 4) is 0 Å². The van der Waals surface area contributed by atoms with E-state index in [4.69, 9.17) is 9.47 Å². The van der Waals surface area contributed by atoms with Crippen LogP contribution < -0.4 is 0 Å². The van der Waals surface area contributed by atoms with Gasteiger partial charge in [0.2, 0.25) is 0 Å². The summed E-state index contributed by atoms with van der Waals surface area (Å²) in [5.41, 5.74) is 0.333. The standard InChI is InChI=1S/C16H20N2O6/c1-10-4-5-13(6-14(10)18(21)22)16(20)23-9-15(19)17-7-11(2)24-12(3)8-17/h4-6,11-12H,7-9H2,1-3H3/t11-,12-/m1/s1. The van der Waals surface area contributed by atoms with Crippen LogP contribution in [0.3, 0.4) is 0 Å². The first kappa shape index (κ1) is 17.9. The van der Waals surface area contributed by atoms with Crippen molar-refractivity contribution >= 4 is 17.6 Å². The van der Waals surface area contributed by atoms with Crippen LogP contribution in [0.1, 0.15) is 29.8 Å². The molecule has 1 amide bonds. The Morgan fingerprint density at radius 3 is 2.54 bits per heavy atom. The van der Waals surface area contributed by atoms with Gasteiger partial charge in [0.25, 0.3) is 11.6 Å². The Bertz CT molecular complexity index is 650. The summed E-state index contributed by atoms with van der Waals surface area (Å²) in [7, 11) is 0. The van der Waals surface area contributed by atoms with Gasteiger partial charge in [-0.2, -0.15) is 0 Å². The number of hydrogen-bond donors (Lipinski definition) is 0. The van der Waals surface area contributed by atoms with E-state index in [0.717, 1.165) is 6.07 Å². The second kappa shape index (κ2) is 7.39. The van der Waals surface area contributed by atoms with Crippen molar-refractivity contribution in [2.24, 2.45) is 0 Å². The molecule has 130 valence electrons. The lowest BCUT2D eigenvalue weighted by atomic mass is 10.1. The predicted octanol–water partition coefficient (Wildman–Crippen LogP) is 1.70. The largest absolute Gasteiger partial charge is 0.452 e. The Hall–Kier alpha value is -2.48. The number of nitro groups is 1. The van der Waals surface area contributed by atoms with Crippen molar-refractivity contribution in [3.05, 3.63) is 39.4 Å². The molecule has 1 fully saturated rings. The molecule has 1 aromatic carbocycles. The van der Waals surface area contributed by atoms with Crippen LogP contribution in [0.25, 0.3) is 0 Å². The number of benzene rings is 1. The maximum absolute atomic E-state index is 12.1. The van der Waals surface area contributed by atoms with Crippen LogP contribution in [-0.4, -0.2) is 53.6 Å². The molecule has 0 bridgehead atoms. The summed E-state index contributed by atoms with van der Waals surface area (Å²) in [6.07, 6.45) is -0.152. The van der Waals surface area contributed by atoms with E-state index in [-0.39, 0.29) is 29.4 Å². The maximum atomic E-state index is 12.1. The van der Waals surface area contributed by atoms with E-state index < -0.39 is 17.5 Å². The zero-order valence-corrected chi connectivity index (χ0v) is 13.9. The van der Waals surface area contributed by atoms with Gasteiger partial charge in [0.15, 0.2) is 6.61 Å². The maximum Gasteiger partial charge on any atom is 0.338 e. The molecule has 0 radical (unpaired) electrons. The molecular formula is C16H20N2O6. The van der Waals surface area contributed by atoms with Crippen LogP contribution >= 0.6 is 0 Å². The number of esters is 1. The Morgan fingerprint density at radius 1 is 1.33 bits per heavy atom. The van der Waals surface area contributed by atoms with Crippen molar-refractivity contribution in [2.75, 3.05) is 19.7 Å². The minimum atomic E-state index is -0.763. The number of hydrogen-bond acceptors (Lipinski definition) is 6. The number of ether oxygens (including phenoxy) is 2. The number of nitro benzene ring substituents is 1. The third-order valence-corrected chi connectivity index (χ3v) is 3.74. The lowest BCUT2D eigenvalue weighted by Gasteiger charge is -2.35. The molecular weight excluding hydrogens is 316 g/mol. The smallest absolute Gasteiger partial charge is 0.338 e. The van der Waals surface area contributed by atoms with Gasteiger partial charge in [0.05, 0.1) is 22.7 Å². The second-order valence-electron chi connectivity index (χ2n) is 5.89. The monoisotopic (exact) mass is 336 g/mol. The first-order valence-electron chi connectivity index (χ1n) is 7.63. The first-order chi connectivity index (χ1) is 11.3. The Morgan fingerprint density at radius 2 is 1.96 bits per heavy atom. The number of carbonyl (C=O) groups excluding carboxylic acids is 2. The van der Waals surface area contributed by atoms with Crippen molar-refractivity contribution in [1.29, 1.82) is 0 Å². The third kappa shape index (κ3) is 4.29. The summed E-state index contributed by atoms with van der Waals surface area (Å²) in [6.45, 7) is 5.80. The normalized spacial score (nSPS) is 20.5. The molecule has 0 spiro atoms. The highest BCUT2D eigenvalue weighted by Gasteiger charge is 2.26. The fourth-order valence-corrected chi connectivity index (χ4v) is 2.62. The van der Waals surface area contributed by atoms with Crippen LogP contribution in [0.4, 0.5) is 5.69 Å². The molecule has 24 heavy (non-hydrogen) atoms. The van der Waals surface area contributed by atoms with E-state index in [1.807, 2.05) is 13.8 Å². The van der Waals surface area contributed by atoms with E-state index in [1.54, 1.807) is 11.8 Å². The van der Waals surface area contributed by atoms with Gasteiger partial charge in [-0.15, -0.1) is 0 Å². The van der Waals surface area contributed by atoms with Crippen LogP contribution in [0.5, 0.6) is 0 Å². The lowest BCUT2D eigenvalue weighted by Crippen LogP contribution is -2.49. The molecule has 0 N–H and O–H groups in total. The molecule has 8 nitrogen and oxygen atoms in total. The molecule has 1 aliphatic rings. The fraction of sp³-hybridized carbons (Fsp3) is 0.500. The minimum Gasteiger partial charge on any atom is -0.452 e. The van der Waals surface area contributed by atoms with Gasteiger partial charge in [-0.25, -0.2) is 4.79 Å². The molecule has 0 aliphatic carbocycles. The Kier molecular flexibility index (Phi) is 5.50. The topological polar surface area (TPSA) is 99.0 Å². The van der Waals surface area contributed by atoms with Crippen LogP contribution in [-0.2, 0) is 14.3 Å². The molecule has 0 saturated carbocycles. The van der Waals surface area contributed by atoms with Gasteiger partial charge in [0.1, 0.15) is 0 Å². The van der Waals surface area contributed by atoms with E-state index >= 15 is 0 Å². The highest BCUT2D eigenvalue weighted by atomic mass is 16.6. The van der Waals surface area contributed by atoms with Gasteiger partial charge in [0, 0.05) is 24.7 Å². The summed E-state index contributed by atoms with van der Waals surface area (Å²) in [5, 5.41) is 10.9. The average molecular weight is 336 g/mol. The van der Waals surface area contributed by atoms with Gasteiger partial charge in [-0.3, -0.25) is 14.9 Å². The minimum absolute atomic E-state index is 0.0452. The predicted molar refractivity (Wildman–Crippen MR) is 84.7 cm³/mol.